The van der Waals surface area contributed by atoms with Gasteiger partial charge in [0.25, 0.3) is 0 Å². The Balaban J connectivity index is 2.60. The van der Waals surface area contributed by atoms with Gasteiger partial charge in [0.2, 0.25) is 0 Å². The maximum atomic E-state index is 5.75. The van der Waals surface area contributed by atoms with Gasteiger partial charge in [0.15, 0.2) is 0 Å². The second-order valence-corrected chi connectivity index (χ2v) is 4.37. The third-order valence-corrected chi connectivity index (χ3v) is 2.63. The first-order valence-corrected chi connectivity index (χ1v) is 5.87. The first-order chi connectivity index (χ1) is 7.65. The van der Waals surface area contributed by atoms with Gasteiger partial charge in [-0.25, -0.2) is 0 Å². The van der Waals surface area contributed by atoms with Crippen molar-refractivity contribution in [2.45, 2.75) is 33.1 Å². The predicted octanol–water partition coefficient (Wildman–Crippen LogP) is 3.53. The SMILES string of the molecule is COCCCOc1cc(C(C)C)ccc1C. The fourth-order valence-corrected chi connectivity index (χ4v) is 1.52. The monoisotopic (exact) mass is 222 g/mol. The molecule has 1 rings (SSSR count). The fourth-order valence-electron chi connectivity index (χ4n) is 1.52. The molecular weight excluding hydrogens is 200 g/mol. The Morgan fingerprint density at radius 3 is 2.56 bits per heavy atom. The lowest BCUT2D eigenvalue weighted by molar-refractivity contribution is 0.172. The van der Waals surface area contributed by atoms with Crippen LogP contribution in [0.15, 0.2) is 18.2 Å². The first kappa shape index (κ1) is 13.0. The Bertz CT molecular complexity index is 319. The Morgan fingerprint density at radius 2 is 1.94 bits per heavy atom. The number of hydrogen-bond acceptors (Lipinski definition) is 2. The maximum Gasteiger partial charge on any atom is 0.122 e. The summed E-state index contributed by atoms with van der Waals surface area (Å²) in [4.78, 5) is 0. The van der Waals surface area contributed by atoms with Crippen molar-refractivity contribution in [3.05, 3.63) is 29.3 Å². The molecule has 0 aliphatic carbocycles. The van der Waals surface area contributed by atoms with Crippen LogP contribution in [0.2, 0.25) is 0 Å². The summed E-state index contributed by atoms with van der Waals surface area (Å²) in [6.45, 7) is 7.94. The van der Waals surface area contributed by atoms with Crippen molar-refractivity contribution in [3.8, 4) is 5.75 Å². The summed E-state index contributed by atoms with van der Waals surface area (Å²) in [5.41, 5.74) is 2.52. The van der Waals surface area contributed by atoms with E-state index in [0.717, 1.165) is 25.4 Å². The Morgan fingerprint density at radius 1 is 1.19 bits per heavy atom. The van der Waals surface area contributed by atoms with Gasteiger partial charge in [0.05, 0.1) is 6.61 Å². The zero-order valence-electron chi connectivity index (χ0n) is 10.7. The average Bonchev–Trinajstić information content (AvgIpc) is 2.26. The lowest BCUT2D eigenvalue weighted by Gasteiger charge is -2.12. The molecule has 0 amide bonds. The molecule has 0 aromatic heterocycles. The molecule has 0 heterocycles. The third kappa shape index (κ3) is 3.86. The molecule has 16 heavy (non-hydrogen) atoms. The van der Waals surface area contributed by atoms with Crippen molar-refractivity contribution >= 4 is 0 Å². The summed E-state index contributed by atoms with van der Waals surface area (Å²) in [7, 11) is 1.71. The van der Waals surface area contributed by atoms with Gasteiger partial charge in [-0.05, 0) is 30.0 Å². The van der Waals surface area contributed by atoms with E-state index in [4.69, 9.17) is 9.47 Å². The highest BCUT2D eigenvalue weighted by Gasteiger charge is 2.04. The molecule has 0 saturated carbocycles. The second kappa shape index (κ2) is 6.54. The molecule has 0 N–H and O–H groups in total. The van der Waals surface area contributed by atoms with E-state index >= 15 is 0 Å². The Kier molecular flexibility index (Phi) is 5.33. The van der Waals surface area contributed by atoms with Crippen LogP contribution in [-0.2, 0) is 4.74 Å². The molecule has 0 spiro atoms. The number of methoxy groups -OCH3 is 1. The van der Waals surface area contributed by atoms with E-state index in [1.807, 2.05) is 0 Å². The molecule has 90 valence electrons. The van der Waals surface area contributed by atoms with Gasteiger partial charge in [0, 0.05) is 20.1 Å². The van der Waals surface area contributed by atoms with Crippen LogP contribution in [0.25, 0.3) is 0 Å². The fraction of sp³-hybridized carbons (Fsp3) is 0.571. The van der Waals surface area contributed by atoms with Crippen molar-refractivity contribution in [3.63, 3.8) is 0 Å². The minimum absolute atomic E-state index is 0.543. The van der Waals surface area contributed by atoms with E-state index in [1.54, 1.807) is 7.11 Å². The summed E-state index contributed by atoms with van der Waals surface area (Å²) in [6.07, 6.45) is 0.932. The van der Waals surface area contributed by atoms with Crippen LogP contribution in [0.4, 0.5) is 0 Å². The van der Waals surface area contributed by atoms with Crippen molar-refractivity contribution in [1.29, 1.82) is 0 Å². The van der Waals surface area contributed by atoms with Crippen molar-refractivity contribution in [2.24, 2.45) is 0 Å². The minimum Gasteiger partial charge on any atom is -0.493 e. The Labute approximate surface area is 98.6 Å². The van der Waals surface area contributed by atoms with Crippen LogP contribution in [0.3, 0.4) is 0 Å². The molecule has 0 fully saturated rings. The van der Waals surface area contributed by atoms with Crippen LogP contribution in [-0.4, -0.2) is 20.3 Å². The van der Waals surface area contributed by atoms with Crippen LogP contribution in [0.1, 0.15) is 37.3 Å². The topological polar surface area (TPSA) is 18.5 Å². The average molecular weight is 222 g/mol. The molecule has 0 aliphatic heterocycles. The quantitative estimate of drug-likeness (QED) is 0.685. The highest BCUT2D eigenvalue weighted by atomic mass is 16.5. The molecule has 0 aliphatic rings. The van der Waals surface area contributed by atoms with E-state index < -0.39 is 0 Å². The second-order valence-electron chi connectivity index (χ2n) is 4.37. The molecule has 1 aromatic rings. The molecule has 0 atom stereocenters. The molecule has 0 radical (unpaired) electrons. The zero-order valence-corrected chi connectivity index (χ0v) is 10.7. The lowest BCUT2D eigenvalue weighted by atomic mass is 10.0. The lowest BCUT2D eigenvalue weighted by Crippen LogP contribution is -2.03. The van der Waals surface area contributed by atoms with Crippen molar-refractivity contribution < 1.29 is 9.47 Å². The summed E-state index contributed by atoms with van der Waals surface area (Å²) < 4.78 is 10.7. The standard InChI is InChI=1S/C14H22O2/c1-11(2)13-7-6-12(3)14(10-13)16-9-5-8-15-4/h6-7,10-11H,5,8-9H2,1-4H3. The van der Waals surface area contributed by atoms with Gasteiger partial charge in [0.1, 0.15) is 5.75 Å². The van der Waals surface area contributed by atoms with E-state index in [2.05, 4.69) is 39.0 Å². The number of ether oxygens (including phenoxy) is 2. The molecule has 0 unspecified atom stereocenters. The van der Waals surface area contributed by atoms with Crippen molar-refractivity contribution in [1.82, 2.24) is 0 Å². The van der Waals surface area contributed by atoms with Gasteiger partial charge in [-0.15, -0.1) is 0 Å². The van der Waals surface area contributed by atoms with Crippen LogP contribution in [0.5, 0.6) is 5.75 Å². The first-order valence-electron chi connectivity index (χ1n) is 5.87. The summed E-state index contributed by atoms with van der Waals surface area (Å²) in [5.74, 6) is 1.55. The van der Waals surface area contributed by atoms with Gasteiger partial charge >= 0.3 is 0 Å². The molecule has 2 heteroatoms. The van der Waals surface area contributed by atoms with Crippen molar-refractivity contribution in [2.75, 3.05) is 20.3 Å². The van der Waals surface area contributed by atoms with E-state index in [9.17, 15) is 0 Å². The van der Waals surface area contributed by atoms with E-state index in [1.165, 1.54) is 11.1 Å². The third-order valence-electron chi connectivity index (χ3n) is 2.63. The van der Waals surface area contributed by atoms with Gasteiger partial charge in [-0.1, -0.05) is 26.0 Å². The highest BCUT2D eigenvalue weighted by molar-refractivity contribution is 5.37. The number of aryl methyl sites for hydroxylation is 1. The Hall–Kier alpha value is -1.02. The van der Waals surface area contributed by atoms with Gasteiger partial charge in [-0.3, -0.25) is 0 Å². The molecule has 2 nitrogen and oxygen atoms in total. The number of rotatable bonds is 6. The van der Waals surface area contributed by atoms with E-state index in [-0.39, 0.29) is 0 Å². The maximum absolute atomic E-state index is 5.75. The largest absolute Gasteiger partial charge is 0.493 e. The summed E-state index contributed by atoms with van der Waals surface area (Å²) >= 11 is 0. The molecule has 1 aromatic carbocycles. The van der Waals surface area contributed by atoms with Crippen LogP contribution >= 0.6 is 0 Å². The molecule has 0 bridgehead atoms. The van der Waals surface area contributed by atoms with E-state index in [0.29, 0.717) is 5.92 Å². The number of benzene rings is 1. The van der Waals surface area contributed by atoms with Crippen LogP contribution < -0.4 is 4.74 Å². The number of hydrogen-bond donors (Lipinski definition) is 0. The van der Waals surface area contributed by atoms with Gasteiger partial charge in [-0.2, -0.15) is 0 Å². The van der Waals surface area contributed by atoms with Gasteiger partial charge < -0.3 is 9.47 Å². The smallest absolute Gasteiger partial charge is 0.122 e. The zero-order chi connectivity index (χ0) is 12.0. The molecular formula is C14H22O2. The summed E-state index contributed by atoms with van der Waals surface area (Å²) in [5, 5.41) is 0. The minimum atomic E-state index is 0.543. The predicted molar refractivity (Wildman–Crippen MR) is 67.3 cm³/mol. The summed E-state index contributed by atoms with van der Waals surface area (Å²) in [6, 6.07) is 6.44. The van der Waals surface area contributed by atoms with Crippen LogP contribution in [0, 0.1) is 6.92 Å². The highest BCUT2D eigenvalue weighted by Crippen LogP contribution is 2.24. The molecule has 0 saturated heterocycles. The normalized spacial score (nSPS) is 10.8.